The molecule has 0 saturated heterocycles. The van der Waals surface area contributed by atoms with Gasteiger partial charge in [0.2, 0.25) is 5.91 Å². The quantitative estimate of drug-likeness (QED) is 0.347. The van der Waals surface area contributed by atoms with E-state index in [4.69, 9.17) is 9.47 Å². The van der Waals surface area contributed by atoms with Gasteiger partial charge in [-0.2, -0.15) is 0 Å². The molecule has 1 aromatic heterocycles. The van der Waals surface area contributed by atoms with Gasteiger partial charge < -0.3 is 19.3 Å². The molecule has 0 radical (unpaired) electrons. The Hall–Kier alpha value is -3.39. The summed E-state index contributed by atoms with van der Waals surface area (Å²) in [6, 6.07) is 14.8. The van der Waals surface area contributed by atoms with Crippen molar-refractivity contribution in [2.75, 3.05) is 33.4 Å². The highest BCUT2D eigenvalue weighted by atomic mass is 32.1. The molecule has 0 aliphatic carbocycles. The van der Waals surface area contributed by atoms with Crippen LogP contribution in [0.3, 0.4) is 0 Å². The first kappa shape index (κ1) is 26.7. The SMILES string of the molecule is COc1ccccc1OC[C@H]1c2ccsc2CCN1C(=O)CN(CCC(C)C)C(=O)c1cccc(F)c1. The van der Waals surface area contributed by atoms with Crippen LogP contribution in [0, 0.1) is 11.7 Å². The fourth-order valence-corrected chi connectivity index (χ4v) is 5.43. The van der Waals surface area contributed by atoms with Gasteiger partial charge in [-0.1, -0.05) is 32.0 Å². The summed E-state index contributed by atoms with van der Waals surface area (Å²) < 4.78 is 25.4. The number of hydrogen-bond acceptors (Lipinski definition) is 5. The molecule has 2 amide bonds. The minimum Gasteiger partial charge on any atom is -0.493 e. The minimum absolute atomic E-state index is 0.0767. The van der Waals surface area contributed by atoms with Crippen LogP contribution in [0.2, 0.25) is 0 Å². The van der Waals surface area contributed by atoms with Crippen molar-refractivity contribution in [3.05, 3.63) is 81.8 Å². The molecular weight excluding hydrogens is 491 g/mol. The Morgan fingerprint density at radius 2 is 1.92 bits per heavy atom. The number of carbonyl (C=O) groups excluding carboxylic acids is 2. The number of halogens is 1. The summed E-state index contributed by atoms with van der Waals surface area (Å²) in [6.45, 7) is 5.28. The lowest BCUT2D eigenvalue weighted by atomic mass is 10.00. The Balaban J connectivity index is 1.55. The molecule has 1 aliphatic rings. The fraction of sp³-hybridized carbons (Fsp3) is 0.379. The third-order valence-corrected chi connectivity index (χ3v) is 7.54. The first-order valence-corrected chi connectivity index (χ1v) is 13.4. The first-order chi connectivity index (χ1) is 17.9. The van der Waals surface area contributed by atoms with E-state index < -0.39 is 5.82 Å². The van der Waals surface area contributed by atoms with Crippen molar-refractivity contribution in [2.24, 2.45) is 5.92 Å². The van der Waals surface area contributed by atoms with Crippen LogP contribution in [-0.4, -0.2) is 55.0 Å². The second-order valence-corrected chi connectivity index (χ2v) is 10.5. The number of fused-ring (bicyclic) bond motifs is 1. The molecule has 4 rings (SSSR count). The highest BCUT2D eigenvalue weighted by Crippen LogP contribution is 2.35. The molecule has 0 bridgehead atoms. The molecule has 6 nitrogen and oxygen atoms in total. The van der Waals surface area contributed by atoms with E-state index in [2.05, 4.69) is 13.8 Å². The van der Waals surface area contributed by atoms with Crippen LogP contribution in [0.5, 0.6) is 11.5 Å². The number of carbonyl (C=O) groups is 2. The van der Waals surface area contributed by atoms with Gasteiger partial charge in [-0.05, 0) is 66.1 Å². The van der Waals surface area contributed by atoms with Gasteiger partial charge in [0.25, 0.3) is 5.91 Å². The molecule has 0 unspecified atom stereocenters. The lowest BCUT2D eigenvalue weighted by Gasteiger charge is -2.37. The normalized spacial score (nSPS) is 14.8. The standard InChI is InChI=1S/C29H33FN2O4S/c1-20(2)11-14-31(29(34)21-7-6-8-22(30)17-21)18-28(33)32-15-12-27-23(13-16-37-27)24(32)19-36-26-10-5-4-9-25(26)35-3/h4-10,13,16-17,20,24H,11-12,14-15,18-19H2,1-3H3/t24-/m0/s1. The summed E-state index contributed by atoms with van der Waals surface area (Å²) in [4.78, 5) is 31.6. The van der Waals surface area contributed by atoms with E-state index in [1.165, 1.54) is 23.1 Å². The van der Waals surface area contributed by atoms with Gasteiger partial charge in [-0.25, -0.2) is 4.39 Å². The Morgan fingerprint density at radius 3 is 2.65 bits per heavy atom. The average molecular weight is 525 g/mol. The van der Waals surface area contributed by atoms with Gasteiger partial charge in [0.05, 0.1) is 13.2 Å². The third kappa shape index (κ3) is 6.49. The van der Waals surface area contributed by atoms with Crippen LogP contribution in [0.25, 0.3) is 0 Å². The number of hydrogen-bond donors (Lipinski definition) is 0. The zero-order valence-electron chi connectivity index (χ0n) is 21.5. The summed E-state index contributed by atoms with van der Waals surface area (Å²) in [7, 11) is 1.59. The number of thiophene rings is 1. The van der Waals surface area contributed by atoms with Crippen LogP contribution in [0.4, 0.5) is 4.39 Å². The van der Waals surface area contributed by atoms with E-state index >= 15 is 0 Å². The molecule has 1 atom stereocenters. The van der Waals surface area contributed by atoms with Gasteiger partial charge in [0.15, 0.2) is 11.5 Å². The van der Waals surface area contributed by atoms with E-state index in [1.54, 1.807) is 29.4 Å². The molecule has 1 aliphatic heterocycles. The Morgan fingerprint density at radius 1 is 1.14 bits per heavy atom. The number of nitrogens with zero attached hydrogens (tertiary/aromatic N) is 2. The van der Waals surface area contributed by atoms with E-state index in [-0.39, 0.29) is 36.6 Å². The average Bonchev–Trinajstić information content (AvgIpc) is 3.38. The van der Waals surface area contributed by atoms with Gasteiger partial charge in [0, 0.05) is 23.5 Å². The van der Waals surface area contributed by atoms with Gasteiger partial charge in [-0.15, -0.1) is 11.3 Å². The van der Waals surface area contributed by atoms with Gasteiger partial charge >= 0.3 is 0 Å². The molecule has 3 aromatic rings. The largest absolute Gasteiger partial charge is 0.493 e. The Bertz CT molecular complexity index is 1230. The van der Waals surface area contributed by atoms with Crippen molar-refractivity contribution < 1.29 is 23.5 Å². The highest BCUT2D eigenvalue weighted by molar-refractivity contribution is 7.10. The Labute approximate surface area is 221 Å². The number of benzene rings is 2. The Kier molecular flexibility index (Phi) is 8.82. The zero-order chi connectivity index (χ0) is 26.4. The van der Waals surface area contributed by atoms with E-state index in [9.17, 15) is 14.0 Å². The fourth-order valence-electron chi connectivity index (χ4n) is 4.51. The van der Waals surface area contributed by atoms with Gasteiger partial charge in [-0.3, -0.25) is 9.59 Å². The number of amides is 2. The predicted octanol–water partition coefficient (Wildman–Crippen LogP) is 5.59. The number of rotatable bonds is 10. The zero-order valence-corrected chi connectivity index (χ0v) is 22.3. The molecule has 2 heterocycles. The molecule has 0 spiro atoms. The van der Waals surface area contributed by atoms with Gasteiger partial charge in [0.1, 0.15) is 19.0 Å². The van der Waals surface area contributed by atoms with E-state index in [0.29, 0.717) is 30.5 Å². The van der Waals surface area contributed by atoms with Crippen molar-refractivity contribution in [2.45, 2.75) is 32.7 Å². The summed E-state index contributed by atoms with van der Waals surface area (Å²) in [5.74, 6) is 0.614. The van der Waals surface area contributed by atoms with Crippen LogP contribution in [0.15, 0.2) is 60.0 Å². The third-order valence-electron chi connectivity index (χ3n) is 6.54. The van der Waals surface area contributed by atoms with Crippen LogP contribution >= 0.6 is 11.3 Å². The molecule has 196 valence electrons. The van der Waals surface area contributed by atoms with Crippen molar-refractivity contribution >= 4 is 23.2 Å². The van der Waals surface area contributed by atoms with Crippen LogP contribution in [0.1, 0.15) is 47.1 Å². The van der Waals surface area contributed by atoms with Crippen molar-refractivity contribution in [3.63, 3.8) is 0 Å². The maximum Gasteiger partial charge on any atom is 0.254 e. The summed E-state index contributed by atoms with van der Waals surface area (Å²) in [5.41, 5.74) is 1.32. The van der Waals surface area contributed by atoms with Crippen molar-refractivity contribution in [3.8, 4) is 11.5 Å². The second-order valence-electron chi connectivity index (χ2n) is 9.53. The molecule has 0 saturated carbocycles. The van der Waals surface area contributed by atoms with E-state index in [0.717, 1.165) is 18.4 Å². The second kappa shape index (κ2) is 12.2. The lowest BCUT2D eigenvalue weighted by molar-refractivity contribution is -0.135. The summed E-state index contributed by atoms with van der Waals surface area (Å²) >= 11 is 1.68. The molecule has 0 fully saturated rings. The molecule has 2 aromatic carbocycles. The maximum absolute atomic E-state index is 13.8. The van der Waals surface area contributed by atoms with Crippen molar-refractivity contribution in [1.82, 2.24) is 9.80 Å². The van der Waals surface area contributed by atoms with Crippen molar-refractivity contribution in [1.29, 1.82) is 0 Å². The molecule has 0 N–H and O–H groups in total. The number of para-hydroxylation sites is 2. The van der Waals surface area contributed by atoms with Crippen LogP contribution < -0.4 is 9.47 Å². The predicted molar refractivity (Wildman–Crippen MR) is 143 cm³/mol. The topological polar surface area (TPSA) is 59.1 Å². The first-order valence-electron chi connectivity index (χ1n) is 12.5. The lowest BCUT2D eigenvalue weighted by Crippen LogP contribution is -2.48. The number of ether oxygens (including phenoxy) is 2. The summed E-state index contributed by atoms with van der Waals surface area (Å²) in [6.07, 6.45) is 1.50. The molecule has 8 heteroatoms. The van der Waals surface area contributed by atoms with Crippen LogP contribution in [-0.2, 0) is 11.2 Å². The van der Waals surface area contributed by atoms with E-state index in [1.807, 2.05) is 40.6 Å². The smallest absolute Gasteiger partial charge is 0.254 e. The number of methoxy groups -OCH3 is 1. The monoisotopic (exact) mass is 524 g/mol. The molecule has 37 heavy (non-hydrogen) atoms. The summed E-state index contributed by atoms with van der Waals surface area (Å²) in [5, 5.41) is 2.04. The molecular formula is C29H33FN2O4S. The maximum atomic E-state index is 13.8. The minimum atomic E-state index is -0.476. The highest BCUT2D eigenvalue weighted by Gasteiger charge is 2.34.